The lowest BCUT2D eigenvalue weighted by atomic mass is 10.1. The summed E-state index contributed by atoms with van der Waals surface area (Å²) >= 11 is 5.60. The number of hydrogen-bond acceptors (Lipinski definition) is 4. The van der Waals surface area contributed by atoms with Crippen molar-refractivity contribution in [2.24, 2.45) is 5.73 Å². The zero-order valence-electron chi connectivity index (χ0n) is 16.3. The number of hydrogen-bond donors (Lipinski definition) is 3. The first kappa shape index (κ1) is 25.9. The second kappa shape index (κ2) is 10.1. The SMILES string of the molecule is C.NC(=O)[C@H](CO)n1ccc2c(NC(=O)Cc3ccc(Cl)c(C(F)(F)F)c3)cccc2c1=O. The molecule has 2 amide bonds. The molecule has 3 aromatic rings. The number of halogens is 4. The summed E-state index contributed by atoms with van der Waals surface area (Å²) in [6.45, 7) is -0.668. The number of aliphatic hydroxyl groups is 1. The summed E-state index contributed by atoms with van der Waals surface area (Å²) in [6, 6.07) is 7.88. The number of carbonyl (C=O) groups excluding carboxylic acids is 2. The van der Waals surface area contributed by atoms with E-state index in [-0.39, 0.29) is 30.5 Å². The van der Waals surface area contributed by atoms with E-state index in [1.165, 1.54) is 36.5 Å². The Bertz CT molecular complexity index is 1260. The Balaban J connectivity index is 0.00000385. The Kier molecular flexibility index (Phi) is 7.89. The third kappa shape index (κ3) is 5.52. The van der Waals surface area contributed by atoms with Crippen molar-refractivity contribution < 1.29 is 27.9 Å². The van der Waals surface area contributed by atoms with Gasteiger partial charge in [0, 0.05) is 22.7 Å². The van der Waals surface area contributed by atoms with Crippen molar-refractivity contribution in [2.75, 3.05) is 11.9 Å². The van der Waals surface area contributed by atoms with Crippen LogP contribution in [0.3, 0.4) is 0 Å². The molecule has 0 spiro atoms. The number of carbonyl (C=O) groups is 2. The van der Waals surface area contributed by atoms with Gasteiger partial charge in [0.1, 0.15) is 6.04 Å². The van der Waals surface area contributed by atoms with Crippen LogP contribution in [0.1, 0.15) is 24.6 Å². The van der Waals surface area contributed by atoms with Crippen LogP contribution in [0.2, 0.25) is 5.02 Å². The molecule has 1 heterocycles. The monoisotopic (exact) mass is 483 g/mol. The van der Waals surface area contributed by atoms with E-state index in [4.69, 9.17) is 17.3 Å². The fourth-order valence-electron chi connectivity index (χ4n) is 3.24. The molecule has 4 N–H and O–H groups in total. The number of amides is 2. The molecule has 7 nitrogen and oxygen atoms in total. The molecule has 33 heavy (non-hydrogen) atoms. The molecule has 1 aromatic heterocycles. The largest absolute Gasteiger partial charge is 0.417 e. The molecule has 0 radical (unpaired) electrons. The number of anilines is 1. The molecule has 0 aliphatic rings. The molecule has 11 heteroatoms. The third-order valence-corrected chi connectivity index (χ3v) is 5.11. The van der Waals surface area contributed by atoms with Crippen LogP contribution in [0.15, 0.2) is 53.5 Å². The lowest BCUT2D eigenvalue weighted by molar-refractivity contribution is -0.137. The predicted molar refractivity (Wildman–Crippen MR) is 119 cm³/mol. The summed E-state index contributed by atoms with van der Waals surface area (Å²) in [6.07, 6.45) is -3.75. The molecular formula is C22H21ClF3N3O4. The lowest BCUT2D eigenvalue weighted by Crippen LogP contribution is -2.35. The van der Waals surface area contributed by atoms with E-state index in [1.54, 1.807) is 0 Å². The molecule has 3 rings (SSSR count). The van der Waals surface area contributed by atoms with Gasteiger partial charge in [0.25, 0.3) is 5.56 Å². The Morgan fingerprint density at radius 1 is 1.15 bits per heavy atom. The van der Waals surface area contributed by atoms with Crippen LogP contribution < -0.4 is 16.6 Å². The third-order valence-electron chi connectivity index (χ3n) is 4.78. The Morgan fingerprint density at radius 3 is 2.45 bits per heavy atom. The molecule has 0 fully saturated rings. The number of alkyl halides is 3. The maximum Gasteiger partial charge on any atom is 0.417 e. The van der Waals surface area contributed by atoms with Crippen LogP contribution in [0.25, 0.3) is 10.8 Å². The summed E-state index contributed by atoms with van der Waals surface area (Å²) in [4.78, 5) is 36.7. The first-order chi connectivity index (χ1) is 15.0. The highest BCUT2D eigenvalue weighted by Crippen LogP contribution is 2.35. The zero-order valence-corrected chi connectivity index (χ0v) is 17.1. The van der Waals surface area contributed by atoms with E-state index in [1.807, 2.05) is 0 Å². The number of aliphatic hydroxyl groups excluding tert-OH is 1. The van der Waals surface area contributed by atoms with Gasteiger partial charge >= 0.3 is 6.18 Å². The molecule has 176 valence electrons. The molecule has 2 aromatic carbocycles. The summed E-state index contributed by atoms with van der Waals surface area (Å²) in [5, 5.41) is 12.0. The Labute approximate surface area is 191 Å². The fourth-order valence-corrected chi connectivity index (χ4v) is 3.47. The van der Waals surface area contributed by atoms with Gasteiger partial charge < -0.3 is 20.7 Å². The van der Waals surface area contributed by atoms with Crippen LogP contribution in [0.4, 0.5) is 18.9 Å². The quantitative estimate of drug-likeness (QED) is 0.497. The van der Waals surface area contributed by atoms with E-state index < -0.39 is 46.8 Å². The van der Waals surface area contributed by atoms with E-state index in [9.17, 15) is 32.7 Å². The van der Waals surface area contributed by atoms with E-state index in [0.29, 0.717) is 5.39 Å². The number of aromatic nitrogens is 1. The number of pyridine rings is 1. The highest BCUT2D eigenvalue weighted by atomic mass is 35.5. The lowest BCUT2D eigenvalue weighted by Gasteiger charge is -2.16. The second-order valence-electron chi connectivity index (χ2n) is 6.93. The average Bonchev–Trinajstić information content (AvgIpc) is 2.71. The molecule has 1 atom stereocenters. The Morgan fingerprint density at radius 2 is 1.85 bits per heavy atom. The molecule has 0 bridgehead atoms. The van der Waals surface area contributed by atoms with Gasteiger partial charge in [-0.3, -0.25) is 14.4 Å². The van der Waals surface area contributed by atoms with Crippen molar-refractivity contribution in [1.29, 1.82) is 0 Å². The summed E-state index contributed by atoms with van der Waals surface area (Å²) in [7, 11) is 0. The summed E-state index contributed by atoms with van der Waals surface area (Å²) in [5.41, 5.74) is 3.92. The first-order valence-electron chi connectivity index (χ1n) is 9.22. The van der Waals surface area contributed by atoms with Gasteiger partial charge in [0.15, 0.2) is 0 Å². The van der Waals surface area contributed by atoms with Gasteiger partial charge in [0.05, 0.1) is 23.6 Å². The van der Waals surface area contributed by atoms with Gasteiger partial charge in [-0.05, 0) is 35.9 Å². The van der Waals surface area contributed by atoms with Gasteiger partial charge in [-0.25, -0.2) is 0 Å². The topological polar surface area (TPSA) is 114 Å². The smallest absolute Gasteiger partial charge is 0.394 e. The van der Waals surface area contributed by atoms with Crippen molar-refractivity contribution in [3.8, 4) is 0 Å². The number of nitrogens with two attached hydrogens (primary N) is 1. The van der Waals surface area contributed by atoms with Crippen LogP contribution in [0.5, 0.6) is 0 Å². The maximum atomic E-state index is 13.0. The number of nitrogens with zero attached hydrogens (tertiary/aromatic N) is 1. The molecule has 0 unspecified atom stereocenters. The second-order valence-corrected chi connectivity index (χ2v) is 7.34. The van der Waals surface area contributed by atoms with Crippen LogP contribution in [-0.2, 0) is 22.2 Å². The van der Waals surface area contributed by atoms with Crippen molar-refractivity contribution in [2.45, 2.75) is 26.1 Å². The van der Waals surface area contributed by atoms with Gasteiger partial charge in [-0.1, -0.05) is 31.2 Å². The number of primary amides is 1. The summed E-state index contributed by atoms with van der Waals surface area (Å²) < 4.78 is 40.1. The van der Waals surface area contributed by atoms with Crippen molar-refractivity contribution in [1.82, 2.24) is 4.57 Å². The van der Waals surface area contributed by atoms with Crippen molar-refractivity contribution >= 4 is 39.9 Å². The molecular weight excluding hydrogens is 463 g/mol. The number of fused-ring (bicyclic) bond motifs is 1. The van der Waals surface area contributed by atoms with Gasteiger partial charge in [0.2, 0.25) is 11.8 Å². The predicted octanol–water partition coefficient (Wildman–Crippen LogP) is 3.51. The zero-order chi connectivity index (χ0) is 23.6. The van der Waals surface area contributed by atoms with E-state index >= 15 is 0 Å². The molecule has 0 saturated carbocycles. The van der Waals surface area contributed by atoms with Gasteiger partial charge in [-0.2, -0.15) is 13.2 Å². The minimum Gasteiger partial charge on any atom is -0.394 e. The minimum absolute atomic E-state index is 0. The number of nitrogens with one attached hydrogen (secondary N) is 1. The van der Waals surface area contributed by atoms with E-state index in [0.717, 1.165) is 16.7 Å². The number of benzene rings is 2. The van der Waals surface area contributed by atoms with Crippen LogP contribution >= 0.6 is 11.6 Å². The van der Waals surface area contributed by atoms with Gasteiger partial charge in [-0.15, -0.1) is 0 Å². The average molecular weight is 484 g/mol. The van der Waals surface area contributed by atoms with Crippen LogP contribution in [0, 0.1) is 0 Å². The Hall–Kier alpha value is -3.37. The fraction of sp³-hybridized carbons (Fsp3) is 0.227. The minimum atomic E-state index is -4.66. The standard InChI is InChI=1S/C21H17ClF3N3O4.CH4/c22-15-5-4-11(8-14(15)21(23,24)25)9-18(30)27-16-3-1-2-13-12(16)6-7-28(20(13)32)17(10-29)19(26)31;/h1-8,17,29H,9-10H2,(H2,26,31)(H,27,30);1H4/t17-;/m0./s1. The molecule has 0 aliphatic carbocycles. The highest BCUT2D eigenvalue weighted by Gasteiger charge is 2.33. The van der Waals surface area contributed by atoms with E-state index in [2.05, 4.69) is 5.32 Å². The normalized spacial score (nSPS) is 12.2. The molecule has 0 saturated heterocycles. The highest BCUT2D eigenvalue weighted by molar-refractivity contribution is 6.31. The van der Waals surface area contributed by atoms with Crippen molar-refractivity contribution in [3.63, 3.8) is 0 Å². The first-order valence-corrected chi connectivity index (χ1v) is 9.60. The number of rotatable bonds is 6. The van der Waals surface area contributed by atoms with Crippen molar-refractivity contribution in [3.05, 3.63) is 75.2 Å². The summed E-state index contributed by atoms with van der Waals surface area (Å²) in [5.74, 6) is -1.50. The van der Waals surface area contributed by atoms with Crippen LogP contribution in [-0.4, -0.2) is 28.1 Å². The maximum absolute atomic E-state index is 13.0. The molecule has 0 aliphatic heterocycles.